The third-order valence-electron chi connectivity index (χ3n) is 2.79. The number of carbonyl (C=O) groups is 1. The van der Waals surface area contributed by atoms with Crippen molar-refractivity contribution in [2.75, 3.05) is 19.6 Å². The predicted octanol–water partition coefficient (Wildman–Crippen LogP) is 1.22. The number of amides is 1. The summed E-state index contributed by atoms with van der Waals surface area (Å²) in [6, 6.07) is 0.385. The van der Waals surface area contributed by atoms with Gasteiger partial charge in [0.2, 0.25) is 5.91 Å². The Morgan fingerprint density at radius 1 is 1.12 bits per heavy atom. The molecule has 0 aromatic carbocycles. The maximum Gasteiger partial charge on any atom is 0.237 e. The van der Waals surface area contributed by atoms with Crippen molar-refractivity contribution in [3.05, 3.63) is 0 Å². The highest BCUT2D eigenvalue weighted by molar-refractivity contribution is 5.81. The largest absolute Gasteiger partial charge is 0.353 e. The van der Waals surface area contributed by atoms with Crippen LogP contribution < -0.4 is 10.6 Å². The lowest BCUT2D eigenvalue weighted by Crippen LogP contribution is -2.50. The van der Waals surface area contributed by atoms with Crippen molar-refractivity contribution in [1.82, 2.24) is 15.5 Å². The summed E-state index contributed by atoms with van der Waals surface area (Å²) in [6.07, 6.45) is 0. The lowest BCUT2D eigenvalue weighted by molar-refractivity contribution is -0.123. The van der Waals surface area contributed by atoms with Crippen LogP contribution in [0.3, 0.4) is 0 Å². The minimum absolute atomic E-state index is 0.0754. The highest BCUT2D eigenvalue weighted by atomic mass is 16.2. The summed E-state index contributed by atoms with van der Waals surface area (Å²) in [5, 5.41) is 6.24. The van der Waals surface area contributed by atoms with Gasteiger partial charge >= 0.3 is 0 Å². The van der Waals surface area contributed by atoms with Crippen LogP contribution in [0.15, 0.2) is 0 Å². The van der Waals surface area contributed by atoms with E-state index >= 15 is 0 Å². The van der Waals surface area contributed by atoms with Crippen LogP contribution in [0.4, 0.5) is 0 Å². The first kappa shape index (κ1) is 16.4. The normalized spacial score (nSPS) is 15.1. The molecule has 2 unspecified atom stereocenters. The second kappa shape index (κ2) is 8.48. The maximum absolute atomic E-state index is 11.7. The fourth-order valence-corrected chi connectivity index (χ4v) is 1.83. The fraction of sp³-hybridized carbons (Fsp3) is 0.923. The molecule has 4 heteroatoms. The number of hydrogen-bond donors (Lipinski definition) is 2. The third kappa shape index (κ3) is 7.34. The molecule has 4 nitrogen and oxygen atoms in total. The van der Waals surface area contributed by atoms with E-state index in [0.717, 1.165) is 19.6 Å². The molecule has 17 heavy (non-hydrogen) atoms. The standard InChI is InChI=1S/C13H29N3O/c1-7-16(8-2)9-11(5)15-12(6)13(17)14-10(3)4/h10-12,15H,7-9H2,1-6H3,(H,14,17). The summed E-state index contributed by atoms with van der Waals surface area (Å²) in [7, 11) is 0. The number of carbonyl (C=O) groups excluding carboxylic acids is 1. The van der Waals surface area contributed by atoms with Crippen LogP contribution in [0.5, 0.6) is 0 Å². The van der Waals surface area contributed by atoms with E-state index in [0.29, 0.717) is 6.04 Å². The summed E-state index contributed by atoms with van der Waals surface area (Å²) >= 11 is 0. The van der Waals surface area contributed by atoms with Gasteiger partial charge in [0.05, 0.1) is 6.04 Å². The van der Waals surface area contributed by atoms with Gasteiger partial charge < -0.3 is 15.5 Å². The van der Waals surface area contributed by atoms with Crippen LogP contribution in [0.25, 0.3) is 0 Å². The van der Waals surface area contributed by atoms with Crippen molar-refractivity contribution in [3.63, 3.8) is 0 Å². The average molecular weight is 243 g/mol. The molecule has 0 bridgehead atoms. The van der Waals surface area contributed by atoms with Crippen molar-refractivity contribution in [3.8, 4) is 0 Å². The Kier molecular flexibility index (Phi) is 8.17. The van der Waals surface area contributed by atoms with Crippen molar-refractivity contribution in [2.45, 2.75) is 59.7 Å². The topological polar surface area (TPSA) is 44.4 Å². The molecule has 0 saturated heterocycles. The second-order valence-electron chi connectivity index (χ2n) is 4.94. The molecule has 0 heterocycles. The molecule has 0 aromatic rings. The number of likely N-dealkylation sites (N-methyl/N-ethyl adjacent to an activating group) is 1. The SMILES string of the molecule is CCN(CC)CC(C)NC(C)C(=O)NC(C)C. The molecular formula is C13H29N3O. The summed E-state index contributed by atoms with van der Waals surface area (Å²) < 4.78 is 0. The smallest absolute Gasteiger partial charge is 0.237 e. The maximum atomic E-state index is 11.7. The molecule has 102 valence electrons. The molecule has 0 spiro atoms. The molecule has 2 N–H and O–H groups in total. The monoisotopic (exact) mass is 243 g/mol. The number of nitrogens with zero attached hydrogens (tertiary/aromatic N) is 1. The quantitative estimate of drug-likeness (QED) is 0.674. The van der Waals surface area contributed by atoms with Crippen LogP contribution in [0, 0.1) is 0 Å². The van der Waals surface area contributed by atoms with Crippen molar-refractivity contribution in [2.24, 2.45) is 0 Å². The van der Waals surface area contributed by atoms with Gasteiger partial charge in [-0.05, 0) is 40.8 Å². The summed E-state index contributed by atoms with van der Waals surface area (Å²) in [4.78, 5) is 14.1. The summed E-state index contributed by atoms with van der Waals surface area (Å²) in [5.74, 6) is 0.0754. The predicted molar refractivity (Wildman–Crippen MR) is 73.1 cm³/mol. The van der Waals surface area contributed by atoms with Gasteiger partial charge in [-0.15, -0.1) is 0 Å². The molecule has 0 saturated carbocycles. The van der Waals surface area contributed by atoms with E-state index < -0.39 is 0 Å². The molecule has 1 amide bonds. The summed E-state index contributed by atoms with van der Waals surface area (Å²) in [6.45, 7) is 15.4. The molecule has 2 atom stereocenters. The van der Waals surface area contributed by atoms with E-state index in [1.807, 2.05) is 20.8 Å². The van der Waals surface area contributed by atoms with Gasteiger partial charge in [-0.3, -0.25) is 4.79 Å². The molecule has 0 rings (SSSR count). The van der Waals surface area contributed by atoms with E-state index in [4.69, 9.17) is 0 Å². The van der Waals surface area contributed by atoms with Crippen molar-refractivity contribution in [1.29, 1.82) is 0 Å². The van der Waals surface area contributed by atoms with Gasteiger partial charge in [0.1, 0.15) is 0 Å². The molecule has 0 aromatic heterocycles. The van der Waals surface area contributed by atoms with Gasteiger partial charge in [-0.1, -0.05) is 13.8 Å². The Labute approximate surface area is 106 Å². The molecular weight excluding hydrogens is 214 g/mol. The molecule has 0 radical (unpaired) electrons. The Morgan fingerprint density at radius 2 is 1.65 bits per heavy atom. The molecule has 0 aliphatic heterocycles. The average Bonchev–Trinajstić information content (AvgIpc) is 2.24. The first-order valence-electron chi connectivity index (χ1n) is 6.69. The molecule has 0 aliphatic rings. The van der Waals surface area contributed by atoms with Gasteiger partial charge in [0.15, 0.2) is 0 Å². The van der Waals surface area contributed by atoms with E-state index in [-0.39, 0.29) is 18.0 Å². The van der Waals surface area contributed by atoms with Gasteiger partial charge in [-0.2, -0.15) is 0 Å². The van der Waals surface area contributed by atoms with Gasteiger partial charge in [-0.25, -0.2) is 0 Å². The minimum atomic E-state index is -0.136. The number of rotatable bonds is 8. The zero-order valence-electron chi connectivity index (χ0n) is 12.2. The highest BCUT2D eigenvalue weighted by Crippen LogP contribution is 1.94. The molecule has 0 aliphatic carbocycles. The zero-order chi connectivity index (χ0) is 13.4. The lowest BCUT2D eigenvalue weighted by atomic mass is 10.2. The number of hydrogen-bond acceptors (Lipinski definition) is 3. The van der Waals surface area contributed by atoms with Crippen molar-refractivity contribution < 1.29 is 4.79 Å². The van der Waals surface area contributed by atoms with Crippen molar-refractivity contribution >= 4 is 5.91 Å². The first-order valence-corrected chi connectivity index (χ1v) is 6.69. The minimum Gasteiger partial charge on any atom is -0.353 e. The summed E-state index contributed by atoms with van der Waals surface area (Å²) in [5.41, 5.74) is 0. The molecule has 0 fully saturated rings. The Bertz CT molecular complexity index is 215. The lowest BCUT2D eigenvalue weighted by Gasteiger charge is -2.26. The van der Waals surface area contributed by atoms with Gasteiger partial charge in [0.25, 0.3) is 0 Å². The number of nitrogens with one attached hydrogen (secondary N) is 2. The Morgan fingerprint density at radius 3 is 2.06 bits per heavy atom. The first-order chi connectivity index (χ1) is 7.90. The van der Waals surface area contributed by atoms with E-state index in [1.165, 1.54) is 0 Å². The fourth-order valence-electron chi connectivity index (χ4n) is 1.83. The van der Waals surface area contributed by atoms with Crippen LogP contribution in [0.1, 0.15) is 41.5 Å². The highest BCUT2D eigenvalue weighted by Gasteiger charge is 2.16. The van der Waals surface area contributed by atoms with Crippen LogP contribution in [-0.2, 0) is 4.79 Å². The van der Waals surface area contributed by atoms with E-state index in [1.54, 1.807) is 0 Å². The van der Waals surface area contributed by atoms with Crippen LogP contribution in [0.2, 0.25) is 0 Å². The zero-order valence-corrected chi connectivity index (χ0v) is 12.2. The Hall–Kier alpha value is -0.610. The van der Waals surface area contributed by atoms with E-state index in [9.17, 15) is 4.79 Å². The van der Waals surface area contributed by atoms with Crippen LogP contribution in [-0.4, -0.2) is 48.6 Å². The second-order valence-corrected chi connectivity index (χ2v) is 4.94. The third-order valence-corrected chi connectivity index (χ3v) is 2.79. The Balaban J connectivity index is 4.01. The van der Waals surface area contributed by atoms with E-state index in [2.05, 4.69) is 36.3 Å². The van der Waals surface area contributed by atoms with Gasteiger partial charge in [0, 0.05) is 18.6 Å². The van der Waals surface area contributed by atoms with Crippen LogP contribution >= 0.6 is 0 Å².